The lowest BCUT2D eigenvalue weighted by atomic mass is 10.2. The van der Waals surface area contributed by atoms with E-state index >= 15 is 0 Å². The highest BCUT2D eigenvalue weighted by Crippen LogP contribution is 2.24. The van der Waals surface area contributed by atoms with E-state index in [1.54, 1.807) is 6.07 Å². The third kappa shape index (κ3) is 2.42. The van der Waals surface area contributed by atoms with Crippen LogP contribution in [0.3, 0.4) is 0 Å². The molecule has 0 aliphatic rings. The summed E-state index contributed by atoms with van der Waals surface area (Å²) in [6, 6.07) is 1.57. The van der Waals surface area contributed by atoms with E-state index in [9.17, 15) is 4.79 Å². The van der Waals surface area contributed by atoms with Crippen molar-refractivity contribution in [1.29, 1.82) is 0 Å². The molecule has 1 atom stereocenters. The van der Waals surface area contributed by atoms with Gasteiger partial charge >= 0.3 is 0 Å². The molecular weight excluding hydrogens is 275 g/mol. The number of hydrogen-bond donors (Lipinski definition) is 1. The molecule has 2 heterocycles. The summed E-state index contributed by atoms with van der Waals surface area (Å²) in [5, 5.41) is 0.510. The van der Waals surface area contributed by atoms with Crippen molar-refractivity contribution in [2.75, 3.05) is 0 Å². The standard InChI is InChI=1S/C11H12Cl2N4O/c1-6(2-9(14)18)17-10(4-12)16-8-3-7(13)5-15-11(8)17/h3,5-6H,2,4H2,1H3,(H2,14,18). The van der Waals surface area contributed by atoms with E-state index in [4.69, 9.17) is 28.9 Å². The molecule has 0 saturated carbocycles. The van der Waals surface area contributed by atoms with Crippen LogP contribution in [0, 0.1) is 0 Å². The lowest BCUT2D eigenvalue weighted by Gasteiger charge is -2.14. The maximum Gasteiger partial charge on any atom is 0.219 e. The van der Waals surface area contributed by atoms with Gasteiger partial charge in [-0.2, -0.15) is 0 Å². The van der Waals surface area contributed by atoms with E-state index in [1.165, 1.54) is 6.20 Å². The van der Waals surface area contributed by atoms with E-state index in [-0.39, 0.29) is 24.2 Å². The number of aromatic nitrogens is 3. The molecule has 2 rings (SSSR count). The number of halogens is 2. The molecule has 0 aromatic carbocycles. The zero-order chi connectivity index (χ0) is 13.3. The highest BCUT2D eigenvalue weighted by Gasteiger charge is 2.18. The summed E-state index contributed by atoms with van der Waals surface area (Å²) in [4.78, 5) is 19.6. The largest absolute Gasteiger partial charge is 0.370 e. The van der Waals surface area contributed by atoms with Gasteiger partial charge in [0.05, 0.1) is 10.9 Å². The van der Waals surface area contributed by atoms with Crippen molar-refractivity contribution < 1.29 is 4.79 Å². The van der Waals surface area contributed by atoms with Gasteiger partial charge in [-0.15, -0.1) is 11.6 Å². The number of primary amides is 1. The lowest BCUT2D eigenvalue weighted by Crippen LogP contribution is -2.18. The van der Waals surface area contributed by atoms with Gasteiger partial charge in [0.25, 0.3) is 0 Å². The molecule has 96 valence electrons. The molecule has 0 fully saturated rings. The number of hydrogen-bond acceptors (Lipinski definition) is 3. The minimum absolute atomic E-state index is 0.144. The van der Waals surface area contributed by atoms with Gasteiger partial charge < -0.3 is 10.3 Å². The van der Waals surface area contributed by atoms with Gasteiger partial charge in [0, 0.05) is 18.7 Å². The number of pyridine rings is 1. The number of carbonyl (C=O) groups excluding carboxylic acids is 1. The molecule has 2 aromatic heterocycles. The quantitative estimate of drug-likeness (QED) is 0.876. The predicted octanol–water partition coefficient (Wildman–Crippen LogP) is 2.26. The van der Waals surface area contributed by atoms with Crippen molar-refractivity contribution >= 4 is 40.3 Å². The molecule has 2 aromatic rings. The van der Waals surface area contributed by atoms with Gasteiger partial charge in [0.2, 0.25) is 5.91 Å². The van der Waals surface area contributed by atoms with E-state index in [1.807, 2.05) is 11.5 Å². The van der Waals surface area contributed by atoms with E-state index in [0.29, 0.717) is 22.0 Å². The van der Waals surface area contributed by atoms with E-state index in [0.717, 1.165) is 0 Å². The number of amides is 1. The number of nitrogens with zero attached hydrogens (tertiary/aromatic N) is 3. The molecule has 1 amide bonds. The minimum Gasteiger partial charge on any atom is -0.370 e. The number of rotatable bonds is 4. The van der Waals surface area contributed by atoms with Crippen molar-refractivity contribution in [2.45, 2.75) is 25.3 Å². The smallest absolute Gasteiger partial charge is 0.219 e. The molecule has 1 unspecified atom stereocenters. The van der Waals surface area contributed by atoms with Crippen LogP contribution in [-0.4, -0.2) is 20.4 Å². The van der Waals surface area contributed by atoms with Crippen LogP contribution >= 0.6 is 23.2 Å². The summed E-state index contributed by atoms with van der Waals surface area (Å²) < 4.78 is 1.82. The van der Waals surface area contributed by atoms with Gasteiger partial charge in [-0.1, -0.05) is 11.6 Å². The number of alkyl halides is 1. The molecule has 0 aliphatic carbocycles. The Morgan fingerprint density at radius 1 is 1.61 bits per heavy atom. The maximum absolute atomic E-state index is 11.0. The highest BCUT2D eigenvalue weighted by molar-refractivity contribution is 6.31. The monoisotopic (exact) mass is 286 g/mol. The van der Waals surface area contributed by atoms with Crippen molar-refractivity contribution in [3.63, 3.8) is 0 Å². The molecule has 5 nitrogen and oxygen atoms in total. The molecule has 0 bridgehead atoms. The van der Waals surface area contributed by atoms with Gasteiger partial charge in [0.1, 0.15) is 11.3 Å². The Bertz CT molecular complexity index is 596. The Balaban J connectivity index is 2.56. The molecule has 18 heavy (non-hydrogen) atoms. The van der Waals surface area contributed by atoms with Gasteiger partial charge in [-0.3, -0.25) is 4.79 Å². The van der Waals surface area contributed by atoms with E-state index in [2.05, 4.69) is 9.97 Å². The summed E-state index contributed by atoms with van der Waals surface area (Å²) in [7, 11) is 0. The van der Waals surface area contributed by atoms with Crippen LogP contribution in [0.1, 0.15) is 25.2 Å². The number of imidazole rings is 1. The Morgan fingerprint density at radius 2 is 2.33 bits per heavy atom. The summed E-state index contributed by atoms with van der Waals surface area (Å²) in [6.07, 6.45) is 1.75. The Morgan fingerprint density at radius 3 is 2.94 bits per heavy atom. The Kier molecular flexibility index (Phi) is 3.73. The zero-order valence-corrected chi connectivity index (χ0v) is 11.2. The predicted molar refractivity (Wildman–Crippen MR) is 70.6 cm³/mol. The fourth-order valence-electron chi connectivity index (χ4n) is 1.94. The summed E-state index contributed by atoms with van der Waals surface area (Å²) in [5.74, 6) is 0.505. The summed E-state index contributed by atoms with van der Waals surface area (Å²) in [5.41, 5.74) is 6.53. The second-order valence-corrected chi connectivity index (χ2v) is 4.75. The van der Waals surface area contributed by atoms with Crippen molar-refractivity contribution in [1.82, 2.24) is 14.5 Å². The SMILES string of the molecule is CC(CC(N)=O)n1c(CCl)nc2cc(Cl)cnc21. The van der Waals surface area contributed by atoms with Crippen LogP contribution in [0.25, 0.3) is 11.2 Å². The number of fused-ring (bicyclic) bond motifs is 1. The average Bonchev–Trinajstić information content (AvgIpc) is 2.65. The molecule has 7 heteroatoms. The van der Waals surface area contributed by atoms with Crippen molar-refractivity contribution in [3.8, 4) is 0 Å². The van der Waals surface area contributed by atoms with Crippen LogP contribution in [0.5, 0.6) is 0 Å². The summed E-state index contributed by atoms with van der Waals surface area (Å²) >= 11 is 11.7. The number of nitrogens with two attached hydrogens (primary N) is 1. The third-order valence-corrected chi connectivity index (χ3v) is 3.07. The van der Waals surface area contributed by atoms with Gasteiger partial charge in [-0.25, -0.2) is 9.97 Å². The van der Waals surface area contributed by atoms with Crippen LogP contribution in [0.4, 0.5) is 0 Å². The zero-order valence-electron chi connectivity index (χ0n) is 9.73. The maximum atomic E-state index is 11.0. The first-order chi connectivity index (χ1) is 8.52. The van der Waals surface area contributed by atoms with Crippen molar-refractivity contribution in [2.24, 2.45) is 5.73 Å². The van der Waals surface area contributed by atoms with Crippen molar-refractivity contribution in [3.05, 3.63) is 23.1 Å². The molecule has 0 saturated heterocycles. The molecule has 0 spiro atoms. The van der Waals surface area contributed by atoms with Gasteiger partial charge in [-0.05, 0) is 13.0 Å². The van der Waals surface area contributed by atoms with Crippen LogP contribution in [0.2, 0.25) is 5.02 Å². The van der Waals surface area contributed by atoms with Crippen LogP contribution in [-0.2, 0) is 10.7 Å². The molecule has 0 radical (unpaired) electrons. The third-order valence-electron chi connectivity index (χ3n) is 2.63. The molecule has 2 N–H and O–H groups in total. The number of carbonyl (C=O) groups is 1. The first kappa shape index (κ1) is 13.1. The van der Waals surface area contributed by atoms with Crippen LogP contribution < -0.4 is 5.73 Å². The fourth-order valence-corrected chi connectivity index (χ4v) is 2.28. The lowest BCUT2D eigenvalue weighted by molar-refractivity contribution is -0.118. The van der Waals surface area contributed by atoms with Gasteiger partial charge in [0.15, 0.2) is 5.65 Å². The highest BCUT2D eigenvalue weighted by atomic mass is 35.5. The Hall–Kier alpha value is -1.33. The fraction of sp³-hybridized carbons (Fsp3) is 0.364. The molecule has 0 aliphatic heterocycles. The first-order valence-corrected chi connectivity index (χ1v) is 6.30. The Labute approximate surface area is 114 Å². The second kappa shape index (κ2) is 5.12. The summed E-state index contributed by atoms with van der Waals surface area (Å²) in [6.45, 7) is 1.87. The topological polar surface area (TPSA) is 73.8 Å². The normalized spacial score (nSPS) is 12.8. The molecular formula is C11H12Cl2N4O. The average molecular weight is 287 g/mol. The van der Waals surface area contributed by atoms with E-state index < -0.39 is 0 Å². The first-order valence-electron chi connectivity index (χ1n) is 5.39. The van der Waals surface area contributed by atoms with Crippen LogP contribution in [0.15, 0.2) is 12.3 Å². The second-order valence-electron chi connectivity index (χ2n) is 4.05. The minimum atomic E-state index is -0.376.